The lowest BCUT2D eigenvalue weighted by molar-refractivity contribution is -0.0177. The minimum absolute atomic E-state index is 0.0677. The van der Waals surface area contributed by atoms with Crippen molar-refractivity contribution in [3.05, 3.63) is 47.3 Å². The molecule has 1 amide bonds. The van der Waals surface area contributed by atoms with Crippen LogP contribution in [0.5, 0.6) is 5.75 Å². The van der Waals surface area contributed by atoms with Crippen molar-refractivity contribution in [3.8, 4) is 5.75 Å². The first kappa shape index (κ1) is 17.5. The highest BCUT2D eigenvalue weighted by Crippen LogP contribution is 2.36. The van der Waals surface area contributed by atoms with Gasteiger partial charge in [0.2, 0.25) is 0 Å². The second-order valence-corrected chi connectivity index (χ2v) is 6.83. The highest BCUT2D eigenvalue weighted by Gasteiger charge is 2.43. The summed E-state index contributed by atoms with van der Waals surface area (Å²) in [5.41, 5.74) is 0.956. The lowest BCUT2D eigenvalue weighted by atomic mass is 9.86. The maximum Gasteiger partial charge on any atom is 0.257 e. The van der Waals surface area contributed by atoms with Crippen LogP contribution < -0.4 is 4.74 Å². The summed E-state index contributed by atoms with van der Waals surface area (Å²) in [5, 5.41) is 15.5. The van der Waals surface area contributed by atoms with Gasteiger partial charge in [0, 0.05) is 19.8 Å². The number of aliphatic hydroxyl groups is 1. The molecule has 0 saturated carbocycles. The first-order valence-electron chi connectivity index (χ1n) is 8.52. The SMILES string of the molecule is COc1ccc([C@](C)(O)[C@@H]2CCCN2C(=O)c2cn(C)nc2C)cc1. The normalized spacial score (nSPS) is 19.7. The first-order chi connectivity index (χ1) is 11.8. The van der Waals surface area contributed by atoms with E-state index in [1.807, 2.05) is 31.2 Å². The number of amides is 1. The van der Waals surface area contributed by atoms with E-state index in [2.05, 4.69) is 5.10 Å². The summed E-state index contributed by atoms with van der Waals surface area (Å²) >= 11 is 0. The Bertz CT molecular complexity index is 765. The van der Waals surface area contributed by atoms with Crippen LogP contribution in [0.3, 0.4) is 0 Å². The maximum atomic E-state index is 13.0. The Hall–Kier alpha value is -2.34. The molecule has 1 aromatic carbocycles. The summed E-state index contributed by atoms with van der Waals surface area (Å²) in [7, 11) is 3.42. The summed E-state index contributed by atoms with van der Waals surface area (Å²) in [6.45, 7) is 4.26. The molecule has 0 radical (unpaired) electrons. The van der Waals surface area contributed by atoms with Crippen molar-refractivity contribution >= 4 is 5.91 Å². The number of ether oxygens (including phenoxy) is 1. The highest BCUT2D eigenvalue weighted by atomic mass is 16.5. The summed E-state index contributed by atoms with van der Waals surface area (Å²) in [4.78, 5) is 14.8. The molecule has 6 nitrogen and oxygen atoms in total. The second-order valence-electron chi connectivity index (χ2n) is 6.83. The van der Waals surface area contributed by atoms with E-state index in [1.54, 1.807) is 36.9 Å². The number of likely N-dealkylation sites (tertiary alicyclic amines) is 1. The number of hydrogen-bond donors (Lipinski definition) is 1. The van der Waals surface area contributed by atoms with E-state index in [-0.39, 0.29) is 11.9 Å². The molecule has 2 atom stereocenters. The van der Waals surface area contributed by atoms with Gasteiger partial charge in [0.05, 0.1) is 24.4 Å². The third kappa shape index (κ3) is 3.14. The van der Waals surface area contributed by atoms with Crippen LogP contribution in [0, 0.1) is 6.92 Å². The fourth-order valence-electron chi connectivity index (χ4n) is 3.68. The molecule has 3 rings (SSSR count). The van der Waals surface area contributed by atoms with Crippen LogP contribution in [-0.4, -0.2) is 45.4 Å². The Kier molecular flexibility index (Phi) is 4.56. The Morgan fingerprint density at radius 3 is 2.60 bits per heavy atom. The standard InChI is InChI=1S/C19H25N3O3/c1-13-16(12-21(3)20-13)18(23)22-11-5-6-17(22)19(2,24)14-7-9-15(25-4)10-8-14/h7-10,12,17,24H,5-6,11H2,1-4H3/t17-,19-/m0/s1. The van der Waals surface area contributed by atoms with Gasteiger partial charge in [0.25, 0.3) is 5.91 Å². The topological polar surface area (TPSA) is 67.6 Å². The molecule has 1 aliphatic heterocycles. The van der Waals surface area contributed by atoms with Crippen molar-refractivity contribution in [2.75, 3.05) is 13.7 Å². The van der Waals surface area contributed by atoms with Gasteiger partial charge in [-0.2, -0.15) is 5.10 Å². The van der Waals surface area contributed by atoms with Crippen LogP contribution in [0.25, 0.3) is 0 Å². The quantitative estimate of drug-likeness (QED) is 0.924. The van der Waals surface area contributed by atoms with Crippen molar-refractivity contribution < 1.29 is 14.6 Å². The van der Waals surface area contributed by atoms with E-state index in [4.69, 9.17) is 4.74 Å². The Balaban J connectivity index is 1.89. The molecule has 0 spiro atoms. The van der Waals surface area contributed by atoms with Crippen LogP contribution in [0.2, 0.25) is 0 Å². The van der Waals surface area contributed by atoms with Crippen molar-refractivity contribution in [2.45, 2.75) is 38.3 Å². The predicted octanol–water partition coefficient (Wildman–Crippen LogP) is 2.25. The summed E-state index contributed by atoms with van der Waals surface area (Å²) in [5.74, 6) is 0.673. The van der Waals surface area contributed by atoms with Crippen LogP contribution in [0.4, 0.5) is 0 Å². The molecule has 1 saturated heterocycles. The molecule has 25 heavy (non-hydrogen) atoms. The molecule has 0 bridgehead atoms. The summed E-state index contributed by atoms with van der Waals surface area (Å²) in [6.07, 6.45) is 3.39. The van der Waals surface area contributed by atoms with Crippen molar-refractivity contribution in [1.82, 2.24) is 14.7 Å². The molecule has 1 aliphatic rings. The smallest absolute Gasteiger partial charge is 0.257 e. The predicted molar refractivity (Wildman–Crippen MR) is 94.6 cm³/mol. The van der Waals surface area contributed by atoms with Gasteiger partial charge in [-0.05, 0) is 44.4 Å². The van der Waals surface area contributed by atoms with E-state index in [0.29, 0.717) is 17.8 Å². The van der Waals surface area contributed by atoms with Gasteiger partial charge >= 0.3 is 0 Å². The zero-order valence-electron chi connectivity index (χ0n) is 15.2. The zero-order chi connectivity index (χ0) is 18.2. The highest BCUT2D eigenvalue weighted by molar-refractivity contribution is 5.95. The molecule has 1 fully saturated rings. The molecule has 1 N–H and O–H groups in total. The fourth-order valence-corrected chi connectivity index (χ4v) is 3.68. The average molecular weight is 343 g/mol. The lowest BCUT2D eigenvalue weighted by Gasteiger charge is -2.37. The monoisotopic (exact) mass is 343 g/mol. The molecule has 2 aromatic rings. The van der Waals surface area contributed by atoms with Crippen molar-refractivity contribution in [1.29, 1.82) is 0 Å². The van der Waals surface area contributed by atoms with E-state index in [0.717, 1.165) is 24.2 Å². The number of aryl methyl sites for hydroxylation is 2. The number of methoxy groups -OCH3 is 1. The van der Waals surface area contributed by atoms with Crippen LogP contribution >= 0.6 is 0 Å². The van der Waals surface area contributed by atoms with Crippen molar-refractivity contribution in [2.24, 2.45) is 7.05 Å². The van der Waals surface area contributed by atoms with Gasteiger partial charge in [-0.15, -0.1) is 0 Å². The largest absolute Gasteiger partial charge is 0.497 e. The molecule has 0 unspecified atom stereocenters. The molecular formula is C19H25N3O3. The van der Waals surface area contributed by atoms with Gasteiger partial charge in [-0.3, -0.25) is 9.48 Å². The number of aromatic nitrogens is 2. The first-order valence-corrected chi connectivity index (χ1v) is 8.52. The number of rotatable bonds is 4. The van der Waals surface area contributed by atoms with E-state index < -0.39 is 5.60 Å². The minimum Gasteiger partial charge on any atom is -0.497 e. The lowest BCUT2D eigenvalue weighted by Crippen LogP contribution is -2.48. The minimum atomic E-state index is -1.13. The molecular weight excluding hydrogens is 318 g/mol. The number of carbonyl (C=O) groups is 1. The van der Waals surface area contributed by atoms with Gasteiger partial charge in [-0.1, -0.05) is 12.1 Å². The molecule has 2 heterocycles. The molecule has 6 heteroatoms. The van der Waals surface area contributed by atoms with Crippen LogP contribution in [0.15, 0.2) is 30.5 Å². The van der Waals surface area contributed by atoms with Gasteiger partial charge < -0.3 is 14.7 Å². The van der Waals surface area contributed by atoms with Crippen molar-refractivity contribution in [3.63, 3.8) is 0 Å². The average Bonchev–Trinajstić information content (AvgIpc) is 3.21. The number of carbonyl (C=O) groups excluding carboxylic acids is 1. The molecule has 1 aromatic heterocycles. The number of benzene rings is 1. The molecule has 134 valence electrons. The van der Waals surface area contributed by atoms with E-state index in [1.165, 1.54) is 0 Å². The van der Waals surface area contributed by atoms with Gasteiger partial charge in [-0.25, -0.2) is 0 Å². The third-order valence-electron chi connectivity index (χ3n) is 5.08. The van der Waals surface area contributed by atoms with E-state index >= 15 is 0 Å². The van der Waals surface area contributed by atoms with Gasteiger partial charge in [0.1, 0.15) is 11.4 Å². The number of hydrogen-bond acceptors (Lipinski definition) is 4. The summed E-state index contributed by atoms with van der Waals surface area (Å²) in [6, 6.07) is 7.10. The van der Waals surface area contributed by atoms with Gasteiger partial charge in [0.15, 0.2) is 0 Å². The summed E-state index contributed by atoms with van der Waals surface area (Å²) < 4.78 is 6.83. The Morgan fingerprint density at radius 2 is 2.04 bits per heavy atom. The second kappa shape index (κ2) is 6.52. The van der Waals surface area contributed by atoms with Crippen LogP contribution in [0.1, 0.15) is 41.4 Å². The maximum absolute atomic E-state index is 13.0. The number of nitrogens with zero attached hydrogens (tertiary/aromatic N) is 3. The Labute approximate surface area is 148 Å². The van der Waals surface area contributed by atoms with Crippen LogP contribution in [-0.2, 0) is 12.6 Å². The Morgan fingerprint density at radius 1 is 1.36 bits per heavy atom. The third-order valence-corrected chi connectivity index (χ3v) is 5.08. The zero-order valence-corrected chi connectivity index (χ0v) is 15.2. The fraction of sp³-hybridized carbons (Fsp3) is 0.474. The molecule has 0 aliphatic carbocycles. The van der Waals surface area contributed by atoms with E-state index in [9.17, 15) is 9.90 Å².